The SMILES string of the molecule is Cc1ccc(-c2cc(CNC(=O)c3cc(-c4cccs4)[nH]n3)no2)cc1. The highest BCUT2D eigenvalue weighted by Gasteiger charge is 2.13. The predicted octanol–water partition coefficient (Wildman–Crippen LogP) is 4.03. The Balaban J connectivity index is 1.40. The maximum atomic E-state index is 12.3. The van der Waals surface area contributed by atoms with Crippen molar-refractivity contribution in [2.45, 2.75) is 13.5 Å². The van der Waals surface area contributed by atoms with E-state index >= 15 is 0 Å². The van der Waals surface area contributed by atoms with Gasteiger partial charge in [0.05, 0.1) is 17.1 Å². The molecule has 26 heavy (non-hydrogen) atoms. The quantitative estimate of drug-likeness (QED) is 0.560. The summed E-state index contributed by atoms with van der Waals surface area (Å²) in [5, 5.41) is 15.7. The first-order chi connectivity index (χ1) is 12.7. The molecule has 4 rings (SSSR count). The van der Waals surface area contributed by atoms with E-state index in [0.717, 1.165) is 16.1 Å². The zero-order valence-corrected chi connectivity index (χ0v) is 14.8. The highest BCUT2D eigenvalue weighted by Crippen LogP contribution is 2.23. The van der Waals surface area contributed by atoms with E-state index in [2.05, 4.69) is 20.7 Å². The van der Waals surface area contributed by atoms with Gasteiger partial charge in [0.25, 0.3) is 5.91 Å². The van der Waals surface area contributed by atoms with Gasteiger partial charge < -0.3 is 9.84 Å². The van der Waals surface area contributed by atoms with Crippen LogP contribution in [0, 0.1) is 6.92 Å². The van der Waals surface area contributed by atoms with Gasteiger partial charge in [-0.05, 0) is 24.4 Å². The smallest absolute Gasteiger partial charge is 0.272 e. The molecule has 0 saturated heterocycles. The second kappa shape index (κ2) is 6.97. The van der Waals surface area contributed by atoms with Crippen LogP contribution in [0.4, 0.5) is 0 Å². The zero-order chi connectivity index (χ0) is 17.9. The molecule has 6 nitrogen and oxygen atoms in total. The predicted molar refractivity (Wildman–Crippen MR) is 99.7 cm³/mol. The molecule has 4 aromatic rings. The van der Waals surface area contributed by atoms with Crippen molar-refractivity contribution in [2.75, 3.05) is 0 Å². The first-order valence-electron chi connectivity index (χ1n) is 8.09. The summed E-state index contributed by atoms with van der Waals surface area (Å²) in [6, 6.07) is 15.5. The van der Waals surface area contributed by atoms with Crippen molar-refractivity contribution >= 4 is 17.2 Å². The van der Waals surface area contributed by atoms with Crippen LogP contribution in [0.15, 0.2) is 58.4 Å². The third kappa shape index (κ3) is 3.43. The van der Waals surface area contributed by atoms with Crippen LogP contribution >= 0.6 is 11.3 Å². The summed E-state index contributed by atoms with van der Waals surface area (Å²) < 4.78 is 5.36. The monoisotopic (exact) mass is 364 g/mol. The summed E-state index contributed by atoms with van der Waals surface area (Å²) in [7, 11) is 0. The standard InChI is InChI=1S/C19H16N4O2S/c1-12-4-6-13(7-5-12)17-9-14(23-25-17)11-20-19(24)16-10-15(21-22-16)18-3-2-8-26-18/h2-10H,11H2,1H3,(H,20,24)(H,21,22). The number of H-pyrrole nitrogens is 1. The fourth-order valence-corrected chi connectivity index (χ4v) is 3.20. The Morgan fingerprint density at radius 2 is 2.08 bits per heavy atom. The lowest BCUT2D eigenvalue weighted by atomic mass is 10.1. The third-order valence-corrected chi connectivity index (χ3v) is 4.83. The number of thiophene rings is 1. The Kier molecular flexibility index (Phi) is 4.37. The van der Waals surface area contributed by atoms with E-state index in [0.29, 0.717) is 17.1 Å². The normalized spacial score (nSPS) is 10.8. The minimum atomic E-state index is -0.260. The van der Waals surface area contributed by atoms with Crippen molar-refractivity contribution in [3.63, 3.8) is 0 Å². The Morgan fingerprint density at radius 1 is 1.23 bits per heavy atom. The highest BCUT2D eigenvalue weighted by molar-refractivity contribution is 7.13. The summed E-state index contributed by atoms with van der Waals surface area (Å²) in [6.07, 6.45) is 0. The van der Waals surface area contributed by atoms with Gasteiger partial charge in [0, 0.05) is 11.6 Å². The van der Waals surface area contributed by atoms with Gasteiger partial charge in [0.1, 0.15) is 5.69 Å². The number of nitrogens with one attached hydrogen (secondary N) is 2. The van der Waals surface area contributed by atoms with Crippen molar-refractivity contribution < 1.29 is 9.32 Å². The number of hydrogen-bond donors (Lipinski definition) is 2. The van der Waals surface area contributed by atoms with Crippen LogP contribution in [0.2, 0.25) is 0 Å². The third-order valence-electron chi connectivity index (χ3n) is 3.92. The van der Waals surface area contributed by atoms with E-state index in [-0.39, 0.29) is 12.5 Å². The fourth-order valence-electron chi connectivity index (χ4n) is 2.51. The van der Waals surface area contributed by atoms with Gasteiger partial charge in [0.15, 0.2) is 11.5 Å². The van der Waals surface area contributed by atoms with Gasteiger partial charge in [-0.15, -0.1) is 11.3 Å². The number of aryl methyl sites for hydroxylation is 1. The summed E-state index contributed by atoms with van der Waals surface area (Å²) in [6.45, 7) is 2.30. The highest BCUT2D eigenvalue weighted by atomic mass is 32.1. The van der Waals surface area contributed by atoms with E-state index in [9.17, 15) is 4.79 Å². The zero-order valence-electron chi connectivity index (χ0n) is 14.0. The molecule has 0 saturated carbocycles. The molecule has 2 N–H and O–H groups in total. The topological polar surface area (TPSA) is 83.8 Å². The fraction of sp³-hybridized carbons (Fsp3) is 0.105. The summed E-state index contributed by atoms with van der Waals surface area (Å²) in [5.41, 5.74) is 3.96. The minimum Gasteiger partial charge on any atom is -0.356 e. The lowest BCUT2D eigenvalue weighted by Crippen LogP contribution is -2.23. The molecule has 0 radical (unpaired) electrons. The van der Waals surface area contributed by atoms with Crippen LogP contribution < -0.4 is 5.32 Å². The van der Waals surface area contributed by atoms with Crippen LogP contribution in [-0.4, -0.2) is 21.3 Å². The molecule has 0 aliphatic carbocycles. The largest absolute Gasteiger partial charge is 0.356 e. The first kappa shape index (κ1) is 16.3. The Labute approximate surface area is 153 Å². The van der Waals surface area contributed by atoms with Crippen molar-refractivity contribution in [1.82, 2.24) is 20.7 Å². The van der Waals surface area contributed by atoms with E-state index in [1.54, 1.807) is 17.4 Å². The molecule has 0 aliphatic rings. The van der Waals surface area contributed by atoms with E-state index in [1.807, 2.05) is 54.8 Å². The molecule has 0 aliphatic heterocycles. The number of nitrogens with zero attached hydrogens (tertiary/aromatic N) is 2. The average molecular weight is 364 g/mol. The number of aromatic amines is 1. The minimum absolute atomic E-state index is 0.260. The first-order valence-corrected chi connectivity index (χ1v) is 8.97. The Morgan fingerprint density at radius 3 is 2.85 bits per heavy atom. The van der Waals surface area contributed by atoms with E-state index in [4.69, 9.17) is 4.52 Å². The molecule has 7 heteroatoms. The Hall–Kier alpha value is -3.19. The summed E-state index contributed by atoms with van der Waals surface area (Å²) in [5.74, 6) is 0.415. The van der Waals surface area contributed by atoms with Crippen LogP contribution in [0.1, 0.15) is 21.7 Å². The van der Waals surface area contributed by atoms with Crippen LogP contribution in [0.5, 0.6) is 0 Å². The number of hydrogen-bond acceptors (Lipinski definition) is 5. The van der Waals surface area contributed by atoms with Crippen LogP contribution in [-0.2, 0) is 6.54 Å². The lowest BCUT2D eigenvalue weighted by molar-refractivity contribution is 0.0945. The lowest BCUT2D eigenvalue weighted by Gasteiger charge is -1.98. The Bertz CT molecular complexity index is 1020. The van der Waals surface area contributed by atoms with Crippen molar-refractivity contribution in [2.24, 2.45) is 0 Å². The number of carbonyl (C=O) groups is 1. The number of benzene rings is 1. The molecule has 0 unspecified atom stereocenters. The van der Waals surface area contributed by atoms with E-state index < -0.39 is 0 Å². The maximum Gasteiger partial charge on any atom is 0.272 e. The maximum absolute atomic E-state index is 12.3. The number of rotatable bonds is 5. The van der Waals surface area contributed by atoms with Crippen molar-refractivity contribution in [1.29, 1.82) is 0 Å². The molecule has 0 fully saturated rings. The molecule has 0 atom stereocenters. The van der Waals surface area contributed by atoms with Gasteiger partial charge in [-0.2, -0.15) is 5.10 Å². The molecule has 0 spiro atoms. The summed E-state index contributed by atoms with van der Waals surface area (Å²) >= 11 is 1.59. The van der Waals surface area contributed by atoms with Gasteiger partial charge in [-0.1, -0.05) is 41.1 Å². The van der Waals surface area contributed by atoms with Crippen LogP contribution in [0.25, 0.3) is 21.9 Å². The number of aromatic nitrogens is 3. The van der Waals surface area contributed by atoms with Gasteiger partial charge >= 0.3 is 0 Å². The van der Waals surface area contributed by atoms with Gasteiger partial charge in [-0.25, -0.2) is 0 Å². The number of amides is 1. The van der Waals surface area contributed by atoms with Crippen molar-refractivity contribution in [3.05, 3.63) is 70.9 Å². The second-order valence-corrected chi connectivity index (χ2v) is 6.82. The second-order valence-electron chi connectivity index (χ2n) is 5.88. The van der Waals surface area contributed by atoms with Gasteiger partial charge in [-0.3, -0.25) is 9.89 Å². The molecule has 3 heterocycles. The number of carbonyl (C=O) groups excluding carboxylic acids is 1. The van der Waals surface area contributed by atoms with Crippen molar-refractivity contribution in [3.8, 4) is 21.9 Å². The molecule has 1 amide bonds. The molecule has 0 bridgehead atoms. The molecule has 1 aromatic carbocycles. The molecular weight excluding hydrogens is 348 g/mol. The van der Waals surface area contributed by atoms with Crippen LogP contribution in [0.3, 0.4) is 0 Å². The summed E-state index contributed by atoms with van der Waals surface area (Å²) in [4.78, 5) is 13.3. The van der Waals surface area contributed by atoms with E-state index in [1.165, 1.54) is 5.56 Å². The van der Waals surface area contributed by atoms with Gasteiger partial charge in [0.2, 0.25) is 0 Å². The molecular formula is C19H16N4O2S. The average Bonchev–Trinajstić information content (AvgIpc) is 3.41. The molecule has 3 aromatic heterocycles. The molecule has 130 valence electrons.